The average Bonchev–Trinajstić information content (AvgIpc) is 3.74. The number of benzene rings is 1. The molecule has 1 unspecified atom stereocenters. The molecule has 0 spiro atoms. The zero-order chi connectivity index (χ0) is 27.9. The van der Waals surface area contributed by atoms with Gasteiger partial charge in [0.25, 0.3) is 0 Å². The molecule has 1 saturated carbocycles. The van der Waals surface area contributed by atoms with Crippen molar-refractivity contribution in [3.8, 4) is 0 Å². The van der Waals surface area contributed by atoms with E-state index in [0.717, 1.165) is 18.1 Å². The van der Waals surface area contributed by atoms with Crippen molar-refractivity contribution in [2.75, 3.05) is 5.32 Å². The minimum Gasteiger partial charge on any atom is -0.405 e. The maximum atomic E-state index is 16.5. The number of fused-ring (bicyclic) bond motifs is 1. The third kappa shape index (κ3) is 5.23. The van der Waals surface area contributed by atoms with Crippen molar-refractivity contribution >= 4 is 41.0 Å². The number of pyridine rings is 1. The van der Waals surface area contributed by atoms with Crippen LogP contribution in [0, 0.1) is 18.7 Å². The Hall–Kier alpha value is -2.04. The zero-order valence-electron chi connectivity index (χ0n) is 22.8. The Balaban J connectivity index is 1.72. The Morgan fingerprint density at radius 3 is 2.42 bits per heavy atom. The van der Waals surface area contributed by atoms with Crippen molar-refractivity contribution in [1.82, 2.24) is 15.0 Å². The number of nitrogens with zero attached hydrogens (tertiary/aromatic N) is 3. The molecule has 5 nitrogen and oxygen atoms in total. The van der Waals surface area contributed by atoms with E-state index in [0.29, 0.717) is 40.0 Å². The Morgan fingerprint density at radius 2 is 1.82 bits per heavy atom. The minimum atomic E-state index is -3.50. The fourth-order valence-electron chi connectivity index (χ4n) is 5.36. The van der Waals surface area contributed by atoms with Gasteiger partial charge in [0.1, 0.15) is 27.7 Å². The fraction of sp³-hybridized carbons (Fsp3) is 0.536. The second kappa shape index (κ2) is 10.8. The zero-order valence-corrected chi connectivity index (χ0v) is 25.4. The normalized spacial score (nSPS) is 16.9. The Kier molecular flexibility index (Phi) is 8.26. The highest BCUT2D eigenvalue weighted by atomic mass is 79.9. The van der Waals surface area contributed by atoms with Crippen LogP contribution >= 0.6 is 15.9 Å². The molecule has 0 radical (unpaired) electrons. The SMILES string of the molecule is CC[Si](CC)(CC)OC(C)(C1CC1)C(F)(F)c1cccc([C@@H](C)Nc2nc(C)nc3cnc(Br)cc23)c1F. The summed E-state index contributed by atoms with van der Waals surface area (Å²) in [6, 6.07) is 7.63. The van der Waals surface area contributed by atoms with E-state index in [9.17, 15) is 0 Å². The molecule has 1 fully saturated rings. The molecule has 0 aliphatic heterocycles. The highest BCUT2D eigenvalue weighted by Gasteiger charge is 2.63. The second-order valence-corrected chi connectivity index (χ2v) is 16.0. The van der Waals surface area contributed by atoms with E-state index < -0.39 is 37.3 Å². The van der Waals surface area contributed by atoms with Crippen molar-refractivity contribution in [1.29, 1.82) is 0 Å². The summed E-state index contributed by atoms with van der Waals surface area (Å²) in [7, 11) is -2.40. The van der Waals surface area contributed by atoms with Crippen LogP contribution in [0.15, 0.2) is 35.1 Å². The summed E-state index contributed by atoms with van der Waals surface area (Å²) >= 11 is 3.36. The molecule has 1 aliphatic carbocycles. The largest absolute Gasteiger partial charge is 0.405 e. The molecular weight excluding hydrogens is 573 g/mol. The molecule has 206 valence electrons. The molecule has 2 heterocycles. The molecular formula is C28H36BrF3N4OSi. The van der Waals surface area contributed by atoms with Gasteiger partial charge >= 0.3 is 5.92 Å². The quantitative estimate of drug-likeness (QED) is 0.174. The van der Waals surface area contributed by atoms with Gasteiger partial charge in [0.15, 0.2) is 8.32 Å². The molecule has 4 rings (SSSR count). The van der Waals surface area contributed by atoms with Gasteiger partial charge in [0, 0.05) is 10.9 Å². The van der Waals surface area contributed by atoms with Crippen molar-refractivity contribution in [2.45, 2.75) is 90.1 Å². The van der Waals surface area contributed by atoms with Crippen LogP contribution in [0.4, 0.5) is 19.0 Å². The maximum absolute atomic E-state index is 16.5. The van der Waals surface area contributed by atoms with E-state index in [2.05, 4.69) is 36.2 Å². The average molecular weight is 610 g/mol. The topological polar surface area (TPSA) is 59.9 Å². The number of aryl methyl sites for hydroxylation is 1. The first kappa shape index (κ1) is 29.0. The van der Waals surface area contributed by atoms with E-state index in [4.69, 9.17) is 4.43 Å². The third-order valence-electron chi connectivity index (χ3n) is 8.19. The van der Waals surface area contributed by atoms with E-state index in [1.165, 1.54) is 19.1 Å². The van der Waals surface area contributed by atoms with Crippen LogP contribution in [-0.4, -0.2) is 28.9 Å². The predicted molar refractivity (Wildman–Crippen MR) is 152 cm³/mol. The molecule has 1 N–H and O–H groups in total. The van der Waals surface area contributed by atoms with Gasteiger partial charge in [-0.2, -0.15) is 8.78 Å². The number of halogens is 4. The van der Waals surface area contributed by atoms with Crippen LogP contribution in [-0.2, 0) is 10.3 Å². The standard InChI is InChI=1S/C28H36BrF3N4OSi/c1-7-38(8-2,9-3)37-27(6,19-13-14-19)28(31,32)22-12-10-11-20(25(22)30)17(4)34-26-21-15-24(29)33-16-23(21)35-18(5)36-26/h10-12,15-17,19H,7-9,13-14H2,1-6H3,(H,34,35,36)/t17-,27?/m1/s1. The lowest BCUT2D eigenvalue weighted by Gasteiger charge is -2.45. The van der Waals surface area contributed by atoms with E-state index in [-0.39, 0.29) is 11.5 Å². The van der Waals surface area contributed by atoms with Crippen LogP contribution in [0.5, 0.6) is 0 Å². The number of rotatable bonds is 11. The summed E-state index contributed by atoms with van der Waals surface area (Å²) in [5, 5.41) is 3.91. The number of hydrogen-bond donors (Lipinski definition) is 1. The van der Waals surface area contributed by atoms with Crippen LogP contribution < -0.4 is 5.32 Å². The molecule has 2 aromatic heterocycles. The number of alkyl halides is 2. The first-order valence-corrected chi connectivity index (χ1v) is 16.7. The first-order valence-electron chi connectivity index (χ1n) is 13.3. The van der Waals surface area contributed by atoms with Crippen molar-refractivity contribution in [2.24, 2.45) is 5.92 Å². The third-order valence-corrected chi connectivity index (χ3v) is 13.3. The monoisotopic (exact) mass is 608 g/mol. The van der Waals surface area contributed by atoms with Crippen LogP contribution in [0.2, 0.25) is 18.1 Å². The lowest BCUT2D eigenvalue weighted by atomic mass is 9.86. The molecule has 1 aromatic carbocycles. The van der Waals surface area contributed by atoms with Gasteiger partial charge in [0.2, 0.25) is 0 Å². The lowest BCUT2D eigenvalue weighted by molar-refractivity contribution is -0.182. The van der Waals surface area contributed by atoms with Gasteiger partial charge < -0.3 is 9.74 Å². The summed E-state index contributed by atoms with van der Waals surface area (Å²) in [5.41, 5.74) is -1.59. The maximum Gasteiger partial charge on any atom is 0.303 e. The van der Waals surface area contributed by atoms with Gasteiger partial charge in [-0.25, -0.2) is 19.3 Å². The second-order valence-electron chi connectivity index (χ2n) is 10.5. The van der Waals surface area contributed by atoms with Crippen molar-refractivity contribution in [3.05, 3.63) is 57.8 Å². The van der Waals surface area contributed by atoms with Crippen molar-refractivity contribution in [3.63, 3.8) is 0 Å². The van der Waals surface area contributed by atoms with Crippen LogP contribution in [0.1, 0.15) is 70.5 Å². The number of hydrogen-bond acceptors (Lipinski definition) is 5. The number of anilines is 1. The van der Waals surface area contributed by atoms with Gasteiger partial charge in [-0.3, -0.25) is 0 Å². The minimum absolute atomic E-state index is 0.142. The summed E-state index contributed by atoms with van der Waals surface area (Å²) < 4.78 is 56.1. The Bertz CT molecular complexity index is 1310. The van der Waals surface area contributed by atoms with Gasteiger partial charge in [-0.15, -0.1) is 0 Å². The number of nitrogens with one attached hydrogen (secondary N) is 1. The fourth-order valence-corrected chi connectivity index (χ4v) is 8.82. The summed E-state index contributed by atoms with van der Waals surface area (Å²) in [4.78, 5) is 13.1. The molecule has 2 atom stereocenters. The molecule has 10 heteroatoms. The van der Waals surface area contributed by atoms with Gasteiger partial charge in [0.05, 0.1) is 23.3 Å². The Morgan fingerprint density at radius 1 is 1.16 bits per heavy atom. The highest BCUT2D eigenvalue weighted by molar-refractivity contribution is 9.10. The molecule has 0 amide bonds. The predicted octanol–water partition coefficient (Wildman–Crippen LogP) is 8.69. The highest BCUT2D eigenvalue weighted by Crippen LogP contribution is 2.56. The van der Waals surface area contributed by atoms with Gasteiger partial charge in [-0.05, 0) is 85.7 Å². The lowest BCUT2D eigenvalue weighted by Crippen LogP contribution is -2.55. The molecule has 0 saturated heterocycles. The molecule has 3 aromatic rings. The first-order chi connectivity index (χ1) is 17.9. The Labute approximate surface area is 232 Å². The summed E-state index contributed by atoms with van der Waals surface area (Å²) in [6.45, 7) is 11.1. The van der Waals surface area contributed by atoms with Crippen LogP contribution in [0.25, 0.3) is 10.9 Å². The van der Waals surface area contributed by atoms with Crippen LogP contribution in [0.3, 0.4) is 0 Å². The number of aromatic nitrogens is 3. The molecule has 0 bridgehead atoms. The molecule has 1 aliphatic rings. The van der Waals surface area contributed by atoms with E-state index in [1.54, 1.807) is 32.2 Å². The molecule has 38 heavy (non-hydrogen) atoms. The summed E-state index contributed by atoms with van der Waals surface area (Å²) in [6.07, 6.45) is 2.95. The van der Waals surface area contributed by atoms with Crippen molar-refractivity contribution < 1.29 is 17.6 Å². The van der Waals surface area contributed by atoms with Gasteiger partial charge in [-0.1, -0.05) is 32.9 Å². The van der Waals surface area contributed by atoms with E-state index >= 15 is 13.2 Å². The summed E-state index contributed by atoms with van der Waals surface area (Å²) in [5.74, 6) is -3.71. The van der Waals surface area contributed by atoms with E-state index in [1.807, 2.05) is 20.8 Å². The smallest absolute Gasteiger partial charge is 0.303 e.